The van der Waals surface area contributed by atoms with Crippen LogP contribution in [0.15, 0.2) is 12.7 Å². The Hall–Kier alpha value is -1.89. The molecule has 1 aliphatic rings. The molecule has 7 heteroatoms. The number of carbonyl (C=O) groups excluding carboxylic acids is 1. The van der Waals surface area contributed by atoms with Crippen molar-refractivity contribution in [2.24, 2.45) is 0 Å². The van der Waals surface area contributed by atoms with Gasteiger partial charge in [-0.25, -0.2) is 9.78 Å². The molecule has 0 aromatic carbocycles. The summed E-state index contributed by atoms with van der Waals surface area (Å²) in [5, 5.41) is 12.0. The molecule has 1 aromatic rings. The summed E-state index contributed by atoms with van der Waals surface area (Å²) in [4.78, 5) is 29.6. The van der Waals surface area contributed by atoms with Crippen molar-refractivity contribution in [3.63, 3.8) is 0 Å². The SMILES string of the molecule is C=CCN(CC(=O)O)C(=O)Nc1nc2c(s1)CCCC2. The molecule has 1 heterocycles. The second-order valence-corrected chi connectivity index (χ2v) is 5.67. The third-order valence-corrected chi connectivity index (χ3v) is 4.10. The molecule has 0 spiro atoms. The van der Waals surface area contributed by atoms with E-state index in [1.54, 1.807) is 0 Å². The average Bonchev–Trinajstić information content (AvgIpc) is 2.79. The van der Waals surface area contributed by atoms with Gasteiger partial charge in [-0.1, -0.05) is 6.08 Å². The zero-order chi connectivity index (χ0) is 14.5. The van der Waals surface area contributed by atoms with Crippen LogP contribution in [0.2, 0.25) is 0 Å². The Kier molecular flexibility index (Phi) is 4.73. The number of fused-ring (bicyclic) bond motifs is 1. The fourth-order valence-electron chi connectivity index (χ4n) is 2.11. The van der Waals surface area contributed by atoms with E-state index in [-0.39, 0.29) is 13.1 Å². The second-order valence-electron chi connectivity index (χ2n) is 4.59. The van der Waals surface area contributed by atoms with Crippen LogP contribution in [0.25, 0.3) is 0 Å². The number of hydrogen-bond acceptors (Lipinski definition) is 4. The van der Waals surface area contributed by atoms with E-state index in [2.05, 4.69) is 16.9 Å². The van der Waals surface area contributed by atoms with E-state index >= 15 is 0 Å². The number of urea groups is 1. The molecule has 1 aromatic heterocycles. The summed E-state index contributed by atoms with van der Waals surface area (Å²) in [5.41, 5.74) is 1.06. The van der Waals surface area contributed by atoms with Gasteiger partial charge in [-0.2, -0.15) is 0 Å². The molecule has 0 unspecified atom stereocenters. The Balaban J connectivity index is 2.03. The minimum Gasteiger partial charge on any atom is -0.480 e. The molecule has 0 radical (unpaired) electrons. The van der Waals surface area contributed by atoms with Gasteiger partial charge in [0.1, 0.15) is 6.54 Å². The zero-order valence-electron chi connectivity index (χ0n) is 11.1. The van der Waals surface area contributed by atoms with Crippen molar-refractivity contribution in [1.82, 2.24) is 9.88 Å². The summed E-state index contributed by atoms with van der Waals surface area (Å²) in [6.45, 7) is 3.35. The molecule has 20 heavy (non-hydrogen) atoms. The van der Waals surface area contributed by atoms with Gasteiger partial charge in [0.05, 0.1) is 5.69 Å². The number of anilines is 1. The molecular formula is C13H17N3O3S. The first-order chi connectivity index (χ1) is 9.60. The van der Waals surface area contributed by atoms with Crippen LogP contribution < -0.4 is 5.32 Å². The molecule has 0 aliphatic heterocycles. The largest absolute Gasteiger partial charge is 0.480 e. The number of nitrogens with one attached hydrogen (secondary N) is 1. The molecule has 0 saturated heterocycles. The standard InChI is InChI=1S/C13H17N3O3S/c1-2-7-16(8-11(17)18)13(19)15-12-14-9-5-3-4-6-10(9)20-12/h2H,1,3-8H2,(H,17,18)(H,14,15,19). The summed E-state index contributed by atoms with van der Waals surface area (Å²) in [5.74, 6) is -1.06. The van der Waals surface area contributed by atoms with Crippen LogP contribution in [0, 0.1) is 0 Å². The predicted octanol–water partition coefficient (Wildman–Crippen LogP) is 2.13. The highest BCUT2D eigenvalue weighted by Crippen LogP contribution is 2.29. The number of rotatable bonds is 5. The maximum absolute atomic E-state index is 12.0. The molecule has 0 atom stereocenters. The number of carbonyl (C=O) groups is 2. The lowest BCUT2D eigenvalue weighted by Crippen LogP contribution is -2.38. The molecular weight excluding hydrogens is 278 g/mol. The van der Waals surface area contributed by atoms with E-state index in [9.17, 15) is 9.59 Å². The fourth-order valence-corrected chi connectivity index (χ4v) is 3.15. The number of aryl methyl sites for hydroxylation is 2. The lowest BCUT2D eigenvalue weighted by molar-refractivity contribution is -0.137. The number of carboxylic acid groups (broad SMARTS) is 1. The van der Waals surface area contributed by atoms with Crippen molar-refractivity contribution >= 4 is 28.5 Å². The third-order valence-electron chi connectivity index (χ3n) is 3.02. The first-order valence-electron chi connectivity index (χ1n) is 6.47. The third kappa shape index (κ3) is 3.57. The summed E-state index contributed by atoms with van der Waals surface area (Å²) in [6, 6.07) is -0.460. The smallest absolute Gasteiger partial charge is 0.324 e. The van der Waals surface area contributed by atoms with Crippen molar-refractivity contribution < 1.29 is 14.7 Å². The number of hydrogen-bond donors (Lipinski definition) is 2. The Morgan fingerprint density at radius 1 is 1.45 bits per heavy atom. The Morgan fingerprint density at radius 2 is 2.20 bits per heavy atom. The first-order valence-corrected chi connectivity index (χ1v) is 7.29. The fraction of sp³-hybridized carbons (Fsp3) is 0.462. The number of carboxylic acids is 1. The van der Waals surface area contributed by atoms with Gasteiger partial charge in [0, 0.05) is 11.4 Å². The van der Waals surface area contributed by atoms with Crippen molar-refractivity contribution in [3.8, 4) is 0 Å². The molecule has 6 nitrogen and oxygen atoms in total. The monoisotopic (exact) mass is 295 g/mol. The summed E-state index contributed by atoms with van der Waals surface area (Å²) in [7, 11) is 0. The van der Waals surface area contributed by atoms with Crippen LogP contribution in [-0.2, 0) is 17.6 Å². The highest BCUT2D eigenvalue weighted by atomic mass is 32.1. The molecule has 0 saturated carbocycles. The summed E-state index contributed by atoms with van der Waals surface area (Å²) in [6.07, 6.45) is 5.74. The van der Waals surface area contributed by atoms with Crippen LogP contribution in [0.4, 0.5) is 9.93 Å². The van der Waals surface area contributed by atoms with Gasteiger partial charge in [0.15, 0.2) is 5.13 Å². The minimum absolute atomic E-state index is 0.184. The van der Waals surface area contributed by atoms with Gasteiger partial charge in [-0.15, -0.1) is 17.9 Å². The second kappa shape index (κ2) is 6.51. The van der Waals surface area contributed by atoms with Gasteiger partial charge in [0.2, 0.25) is 0 Å². The van der Waals surface area contributed by atoms with Gasteiger partial charge >= 0.3 is 12.0 Å². The van der Waals surface area contributed by atoms with Crippen molar-refractivity contribution in [2.45, 2.75) is 25.7 Å². The number of aliphatic carboxylic acids is 1. The van der Waals surface area contributed by atoms with Gasteiger partial charge in [-0.3, -0.25) is 10.1 Å². The zero-order valence-corrected chi connectivity index (χ0v) is 11.9. The van der Waals surface area contributed by atoms with Crippen LogP contribution >= 0.6 is 11.3 Å². The first kappa shape index (κ1) is 14.5. The van der Waals surface area contributed by atoms with Crippen LogP contribution in [-0.4, -0.2) is 40.1 Å². The van der Waals surface area contributed by atoms with Crippen molar-refractivity contribution in [2.75, 3.05) is 18.4 Å². The van der Waals surface area contributed by atoms with E-state index in [0.29, 0.717) is 5.13 Å². The highest BCUT2D eigenvalue weighted by molar-refractivity contribution is 7.15. The lowest BCUT2D eigenvalue weighted by atomic mass is 10.0. The van der Waals surface area contributed by atoms with Crippen LogP contribution in [0.1, 0.15) is 23.4 Å². The van der Waals surface area contributed by atoms with Gasteiger partial charge < -0.3 is 10.0 Å². The minimum atomic E-state index is -1.06. The Bertz CT molecular complexity index is 503. The summed E-state index contributed by atoms with van der Waals surface area (Å²) >= 11 is 1.48. The van der Waals surface area contributed by atoms with Crippen LogP contribution in [0.5, 0.6) is 0 Å². The van der Waals surface area contributed by atoms with E-state index in [0.717, 1.165) is 31.4 Å². The number of thiazole rings is 1. The summed E-state index contributed by atoms with van der Waals surface area (Å²) < 4.78 is 0. The lowest BCUT2D eigenvalue weighted by Gasteiger charge is -2.18. The van der Waals surface area contributed by atoms with E-state index in [4.69, 9.17) is 5.11 Å². The average molecular weight is 295 g/mol. The van der Waals surface area contributed by atoms with E-state index < -0.39 is 12.0 Å². The number of nitrogens with zero attached hydrogens (tertiary/aromatic N) is 2. The Morgan fingerprint density at radius 3 is 2.85 bits per heavy atom. The molecule has 0 bridgehead atoms. The number of amides is 2. The quantitative estimate of drug-likeness (QED) is 0.815. The Labute approximate surface area is 121 Å². The van der Waals surface area contributed by atoms with Crippen molar-refractivity contribution in [3.05, 3.63) is 23.2 Å². The molecule has 1 aliphatic carbocycles. The maximum Gasteiger partial charge on any atom is 0.324 e. The van der Waals surface area contributed by atoms with Gasteiger partial charge in [0.25, 0.3) is 0 Å². The van der Waals surface area contributed by atoms with Crippen molar-refractivity contribution in [1.29, 1.82) is 0 Å². The van der Waals surface area contributed by atoms with Crippen LogP contribution in [0.3, 0.4) is 0 Å². The van der Waals surface area contributed by atoms with E-state index in [1.165, 1.54) is 27.2 Å². The predicted molar refractivity (Wildman–Crippen MR) is 77.2 cm³/mol. The topological polar surface area (TPSA) is 82.5 Å². The molecule has 2 N–H and O–H groups in total. The highest BCUT2D eigenvalue weighted by Gasteiger charge is 2.19. The molecule has 0 fully saturated rings. The molecule has 108 valence electrons. The maximum atomic E-state index is 12.0. The normalized spacial score (nSPS) is 13.4. The molecule has 2 amide bonds. The number of aromatic nitrogens is 1. The van der Waals surface area contributed by atoms with E-state index in [1.807, 2.05) is 0 Å². The van der Waals surface area contributed by atoms with Gasteiger partial charge in [-0.05, 0) is 25.7 Å². The molecule has 2 rings (SSSR count).